The number of hydrogen-bond acceptors (Lipinski definition) is 6. The van der Waals surface area contributed by atoms with Gasteiger partial charge in [-0.05, 0) is 55.5 Å². The molecule has 1 saturated heterocycles. The summed E-state index contributed by atoms with van der Waals surface area (Å²) in [4.78, 5) is 28.7. The SMILES string of the molecule is CC(Oc1ccc(O)cc1)C(=O)N1CCN(C(=O)c2ccc(NS(C)(=O)=O)cc2)CC1. The number of anilines is 1. The number of phenolic OH excluding ortho intramolecular Hbond substituents is 1. The van der Waals surface area contributed by atoms with Gasteiger partial charge in [-0.25, -0.2) is 8.42 Å². The number of nitrogens with one attached hydrogen (secondary N) is 1. The van der Waals surface area contributed by atoms with E-state index in [-0.39, 0.29) is 17.6 Å². The number of hydrogen-bond donors (Lipinski definition) is 2. The van der Waals surface area contributed by atoms with Crippen molar-refractivity contribution in [2.75, 3.05) is 37.2 Å². The molecular weight excluding hydrogens is 422 g/mol. The zero-order valence-corrected chi connectivity index (χ0v) is 18.1. The molecule has 0 aromatic heterocycles. The Morgan fingerprint density at radius 3 is 2.06 bits per heavy atom. The molecule has 31 heavy (non-hydrogen) atoms. The number of phenols is 1. The Morgan fingerprint density at radius 1 is 0.968 bits per heavy atom. The fraction of sp³-hybridized carbons (Fsp3) is 0.333. The first-order valence-electron chi connectivity index (χ1n) is 9.74. The van der Waals surface area contributed by atoms with E-state index in [1.54, 1.807) is 41.0 Å². The summed E-state index contributed by atoms with van der Waals surface area (Å²) < 4.78 is 30.6. The summed E-state index contributed by atoms with van der Waals surface area (Å²) in [6.07, 6.45) is 0.366. The van der Waals surface area contributed by atoms with Gasteiger partial charge in [-0.1, -0.05) is 0 Å². The summed E-state index contributed by atoms with van der Waals surface area (Å²) in [5.74, 6) is 0.262. The highest BCUT2D eigenvalue weighted by Crippen LogP contribution is 2.19. The fourth-order valence-electron chi connectivity index (χ4n) is 3.24. The number of nitrogens with zero attached hydrogens (tertiary/aromatic N) is 2. The van der Waals surface area contributed by atoms with Crippen LogP contribution in [0.2, 0.25) is 0 Å². The zero-order valence-electron chi connectivity index (χ0n) is 17.3. The second-order valence-electron chi connectivity index (χ2n) is 7.32. The molecule has 3 rings (SSSR count). The van der Waals surface area contributed by atoms with E-state index >= 15 is 0 Å². The predicted octanol–water partition coefficient (Wildman–Crippen LogP) is 1.52. The van der Waals surface area contributed by atoms with Crippen molar-refractivity contribution in [2.45, 2.75) is 13.0 Å². The normalized spacial score (nSPS) is 15.3. The number of amides is 2. The number of benzene rings is 2. The van der Waals surface area contributed by atoms with Crippen LogP contribution in [-0.4, -0.2) is 73.7 Å². The van der Waals surface area contributed by atoms with Crippen LogP contribution in [-0.2, 0) is 14.8 Å². The monoisotopic (exact) mass is 447 g/mol. The molecule has 2 aromatic rings. The molecule has 10 heteroatoms. The van der Waals surface area contributed by atoms with E-state index in [2.05, 4.69) is 4.72 Å². The molecule has 0 saturated carbocycles. The molecular formula is C21H25N3O6S. The largest absolute Gasteiger partial charge is 0.508 e. The first kappa shape index (κ1) is 22.4. The van der Waals surface area contributed by atoms with Crippen LogP contribution in [0.3, 0.4) is 0 Å². The van der Waals surface area contributed by atoms with Crippen molar-refractivity contribution < 1.29 is 27.9 Å². The smallest absolute Gasteiger partial charge is 0.263 e. The molecule has 1 fully saturated rings. The van der Waals surface area contributed by atoms with Crippen molar-refractivity contribution in [1.29, 1.82) is 0 Å². The van der Waals surface area contributed by atoms with Crippen molar-refractivity contribution in [2.24, 2.45) is 0 Å². The minimum absolute atomic E-state index is 0.119. The first-order valence-corrected chi connectivity index (χ1v) is 11.6. The topological polar surface area (TPSA) is 116 Å². The zero-order chi connectivity index (χ0) is 22.6. The summed E-state index contributed by atoms with van der Waals surface area (Å²) in [5, 5.41) is 9.32. The molecule has 0 radical (unpaired) electrons. The van der Waals surface area contributed by atoms with E-state index in [1.165, 1.54) is 24.3 Å². The summed E-state index contributed by atoms with van der Waals surface area (Å²) >= 11 is 0. The Kier molecular flexibility index (Phi) is 6.69. The number of ether oxygens (including phenoxy) is 1. The van der Waals surface area contributed by atoms with E-state index in [9.17, 15) is 23.1 Å². The van der Waals surface area contributed by atoms with Crippen LogP contribution in [0.15, 0.2) is 48.5 Å². The third kappa shape index (κ3) is 6.11. The highest BCUT2D eigenvalue weighted by atomic mass is 32.2. The fourth-order valence-corrected chi connectivity index (χ4v) is 3.81. The number of aromatic hydroxyl groups is 1. The van der Waals surface area contributed by atoms with Crippen LogP contribution < -0.4 is 9.46 Å². The average molecular weight is 448 g/mol. The molecule has 2 aromatic carbocycles. The molecule has 1 aliphatic heterocycles. The van der Waals surface area contributed by atoms with Crippen molar-refractivity contribution in [1.82, 2.24) is 9.80 Å². The lowest BCUT2D eigenvalue weighted by Crippen LogP contribution is -2.53. The maximum absolute atomic E-state index is 12.7. The summed E-state index contributed by atoms with van der Waals surface area (Å²) in [6, 6.07) is 12.4. The van der Waals surface area contributed by atoms with Gasteiger partial charge < -0.3 is 19.6 Å². The molecule has 9 nitrogen and oxygen atoms in total. The maximum Gasteiger partial charge on any atom is 0.263 e. The number of carbonyl (C=O) groups excluding carboxylic acids is 2. The number of carbonyl (C=O) groups is 2. The highest BCUT2D eigenvalue weighted by Gasteiger charge is 2.28. The molecule has 1 atom stereocenters. The van der Waals surface area contributed by atoms with E-state index in [0.717, 1.165) is 6.26 Å². The van der Waals surface area contributed by atoms with Crippen molar-refractivity contribution >= 4 is 27.5 Å². The minimum atomic E-state index is -3.38. The van der Waals surface area contributed by atoms with E-state index in [1.807, 2.05) is 0 Å². The molecule has 1 aliphatic rings. The minimum Gasteiger partial charge on any atom is -0.508 e. The molecule has 0 aliphatic carbocycles. The standard InChI is InChI=1S/C21H25N3O6S/c1-15(30-19-9-7-18(25)8-10-19)20(26)23-11-13-24(14-12-23)21(27)16-3-5-17(6-4-16)22-31(2,28)29/h3-10,15,22,25H,11-14H2,1-2H3. The van der Waals surface area contributed by atoms with Crippen molar-refractivity contribution in [3.05, 3.63) is 54.1 Å². The van der Waals surface area contributed by atoms with Crippen LogP contribution in [0.5, 0.6) is 11.5 Å². The van der Waals surface area contributed by atoms with Gasteiger partial charge in [0, 0.05) is 37.4 Å². The summed E-state index contributed by atoms with van der Waals surface area (Å²) in [7, 11) is -3.38. The van der Waals surface area contributed by atoms with Gasteiger partial charge in [-0.3, -0.25) is 14.3 Å². The van der Waals surface area contributed by atoms with Crippen molar-refractivity contribution in [3.8, 4) is 11.5 Å². The van der Waals surface area contributed by atoms with Crippen LogP contribution in [0.1, 0.15) is 17.3 Å². The van der Waals surface area contributed by atoms with Crippen LogP contribution in [0.4, 0.5) is 5.69 Å². The van der Waals surface area contributed by atoms with Gasteiger partial charge in [0.25, 0.3) is 11.8 Å². The Hall–Kier alpha value is -3.27. The molecule has 0 spiro atoms. The Bertz CT molecular complexity index is 1030. The lowest BCUT2D eigenvalue weighted by Gasteiger charge is -2.36. The Labute approximate surface area is 181 Å². The second-order valence-corrected chi connectivity index (χ2v) is 9.07. The van der Waals surface area contributed by atoms with Gasteiger partial charge in [-0.2, -0.15) is 0 Å². The van der Waals surface area contributed by atoms with Gasteiger partial charge >= 0.3 is 0 Å². The van der Waals surface area contributed by atoms with Crippen LogP contribution in [0.25, 0.3) is 0 Å². The Morgan fingerprint density at radius 2 is 1.52 bits per heavy atom. The lowest BCUT2D eigenvalue weighted by molar-refractivity contribution is -0.139. The van der Waals surface area contributed by atoms with E-state index < -0.39 is 16.1 Å². The third-order valence-electron chi connectivity index (χ3n) is 4.81. The summed E-state index contributed by atoms with van der Waals surface area (Å²) in [6.45, 7) is 3.22. The van der Waals surface area contributed by atoms with Gasteiger partial charge in [0.15, 0.2) is 6.10 Å². The molecule has 0 bridgehead atoms. The Balaban J connectivity index is 1.53. The maximum atomic E-state index is 12.7. The third-order valence-corrected chi connectivity index (χ3v) is 5.42. The molecule has 166 valence electrons. The van der Waals surface area contributed by atoms with Crippen molar-refractivity contribution in [3.63, 3.8) is 0 Å². The predicted molar refractivity (Wildman–Crippen MR) is 116 cm³/mol. The molecule has 1 unspecified atom stereocenters. The first-order chi connectivity index (χ1) is 14.6. The molecule has 1 heterocycles. The van der Waals surface area contributed by atoms with Gasteiger partial charge in [0.05, 0.1) is 6.26 Å². The highest BCUT2D eigenvalue weighted by molar-refractivity contribution is 7.92. The van der Waals surface area contributed by atoms with Crippen LogP contribution >= 0.6 is 0 Å². The lowest BCUT2D eigenvalue weighted by atomic mass is 10.1. The quantitative estimate of drug-likeness (QED) is 0.694. The number of sulfonamides is 1. The average Bonchev–Trinajstić information content (AvgIpc) is 2.74. The summed E-state index contributed by atoms with van der Waals surface area (Å²) in [5.41, 5.74) is 0.833. The van der Waals surface area contributed by atoms with Gasteiger partial charge in [0.2, 0.25) is 10.0 Å². The van der Waals surface area contributed by atoms with Crippen LogP contribution in [0, 0.1) is 0 Å². The number of rotatable bonds is 6. The molecule has 2 amide bonds. The number of piperazine rings is 1. The van der Waals surface area contributed by atoms with Gasteiger partial charge in [-0.15, -0.1) is 0 Å². The van der Waals surface area contributed by atoms with Gasteiger partial charge in [0.1, 0.15) is 11.5 Å². The van der Waals surface area contributed by atoms with E-state index in [0.29, 0.717) is 43.2 Å². The second kappa shape index (κ2) is 9.25. The molecule has 2 N–H and O–H groups in total. The van der Waals surface area contributed by atoms with E-state index in [4.69, 9.17) is 4.74 Å².